The number of para-hydroxylation sites is 2. The predicted octanol–water partition coefficient (Wildman–Crippen LogP) is 7.09. The molecule has 0 unspecified atom stereocenters. The molecule has 216 valence electrons. The topological polar surface area (TPSA) is 65.4 Å². The van der Waals surface area contributed by atoms with Crippen molar-refractivity contribution >= 4 is 16.9 Å². The van der Waals surface area contributed by atoms with Crippen LogP contribution in [0.3, 0.4) is 0 Å². The Morgan fingerprint density at radius 1 is 0.902 bits per heavy atom. The lowest BCUT2D eigenvalue weighted by Gasteiger charge is -2.13. The zero-order valence-electron chi connectivity index (χ0n) is 24.3. The van der Waals surface area contributed by atoms with Crippen LogP contribution in [-0.4, -0.2) is 35.7 Å². The molecule has 41 heavy (non-hydrogen) atoms. The van der Waals surface area contributed by atoms with Gasteiger partial charge in [-0.2, -0.15) is 0 Å². The van der Waals surface area contributed by atoms with Gasteiger partial charge >= 0.3 is 0 Å². The summed E-state index contributed by atoms with van der Waals surface area (Å²) >= 11 is 0. The average Bonchev–Trinajstić information content (AvgIpc) is 3.36. The molecule has 0 spiro atoms. The van der Waals surface area contributed by atoms with Gasteiger partial charge in [0.1, 0.15) is 5.82 Å². The minimum atomic E-state index is 0.128. The number of amides is 1. The Hall–Kier alpha value is -4.06. The van der Waals surface area contributed by atoms with E-state index >= 15 is 0 Å². The quantitative estimate of drug-likeness (QED) is 0.105. The summed E-state index contributed by atoms with van der Waals surface area (Å²) < 4.78 is 13.9. The molecule has 6 nitrogen and oxygen atoms in total. The van der Waals surface area contributed by atoms with Crippen molar-refractivity contribution in [2.24, 2.45) is 0 Å². The number of nitrogens with one attached hydrogen (secondary N) is 1. The predicted molar refractivity (Wildman–Crippen MR) is 167 cm³/mol. The molecule has 0 saturated heterocycles. The van der Waals surface area contributed by atoms with Crippen LogP contribution in [0.4, 0.5) is 0 Å². The fourth-order valence-corrected chi connectivity index (χ4v) is 5.05. The Morgan fingerprint density at radius 2 is 1.73 bits per heavy atom. The van der Waals surface area contributed by atoms with E-state index in [9.17, 15) is 4.79 Å². The first-order valence-electron chi connectivity index (χ1n) is 14.8. The highest BCUT2D eigenvalue weighted by Crippen LogP contribution is 2.28. The van der Waals surface area contributed by atoms with E-state index in [0.29, 0.717) is 13.0 Å². The summed E-state index contributed by atoms with van der Waals surface area (Å²) in [4.78, 5) is 17.1. The second-order valence-corrected chi connectivity index (χ2v) is 10.3. The number of allylic oxidation sites excluding steroid dienone is 1. The smallest absolute Gasteiger partial charge is 0.220 e. The summed E-state index contributed by atoms with van der Waals surface area (Å²) in [5.74, 6) is 2.81. The molecule has 1 aromatic heterocycles. The molecule has 0 aliphatic heterocycles. The molecule has 3 aromatic carbocycles. The van der Waals surface area contributed by atoms with Crippen LogP contribution in [0.1, 0.15) is 55.5 Å². The van der Waals surface area contributed by atoms with Crippen molar-refractivity contribution in [3.63, 3.8) is 0 Å². The van der Waals surface area contributed by atoms with Crippen molar-refractivity contribution in [1.82, 2.24) is 14.9 Å². The number of hydrogen-bond acceptors (Lipinski definition) is 4. The molecule has 1 heterocycles. The zero-order valence-corrected chi connectivity index (χ0v) is 24.3. The molecule has 0 aliphatic rings. The highest BCUT2D eigenvalue weighted by atomic mass is 16.5. The monoisotopic (exact) mass is 553 g/mol. The first kappa shape index (κ1) is 29.9. The van der Waals surface area contributed by atoms with Crippen LogP contribution in [0.15, 0.2) is 85.5 Å². The number of unbranched alkanes of at least 4 members (excludes halogenated alkanes) is 3. The van der Waals surface area contributed by atoms with Gasteiger partial charge in [0.2, 0.25) is 5.91 Å². The number of nitrogens with zero attached hydrogens (tertiary/aromatic N) is 2. The molecule has 0 radical (unpaired) electrons. The maximum atomic E-state index is 12.2. The lowest BCUT2D eigenvalue weighted by molar-refractivity contribution is -0.121. The van der Waals surface area contributed by atoms with Gasteiger partial charge in [-0.15, -0.1) is 6.58 Å². The lowest BCUT2D eigenvalue weighted by atomic mass is 10.1. The Balaban J connectivity index is 1.19. The number of rotatable bonds is 18. The van der Waals surface area contributed by atoms with Gasteiger partial charge < -0.3 is 19.4 Å². The summed E-state index contributed by atoms with van der Waals surface area (Å²) in [6.45, 7) is 6.08. The van der Waals surface area contributed by atoms with Crippen LogP contribution in [0.25, 0.3) is 11.0 Å². The summed E-state index contributed by atoms with van der Waals surface area (Å²) in [7, 11) is 1.68. The fraction of sp³-hybridized carbons (Fsp3) is 0.371. The first-order chi connectivity index (χ1) is 20.2. The summed E-state index contributed by atoms with van der Waals surface area (Å²) in [5.41, 5.74) is 4.60. The van der Waals surface area contributed by atoms with E-state index in [1.807, 2.05) is 42.5 Å². The lowest BCUT2D eigenvalue weighted by Crippen LogP contribution is -2.24. The van der Waals surface area contributed by atoms with Gasteiger partial charge in [-0.25, -0.2) is 4.98 Å². The number of carbonyl (C=O) groups excluding carboxylic acids is 1. The van der Waals surface area contributed by atoms with Crippen LogP contribution in [0.5, 0.6) is 11.5 Å². The number of imidazole rings is 1. The normalized spacial score (nSPS) is 11.0. The highest BCUT2D eigenvalue weighted by Gasteiger charge is 2.11. The Labute approximate surface area is 244 Å². The van der Waals surface area contributed by atoms with E-state index in [1.54, 1.807) is 7.11 Å². The van der Waals surface area contributed by atoms with E-state index in [1.165, 1.54) is 11.1 Å². The molecule has 6 heteroatoms. The fourth-order valence-electron chi connectivity index (χ4n) is 5.05. The minimum Gasteiger partial charge on any atom is -0.493 e. The number of benzene rings is 3. The Morgan fingerprint density at radius 3 is 2.56 bits per heavy atom. The van der Waals surface area contributed by atoms with E-state index in [2.05, 4.69) is 52.9 Å². The van der Waals surface area contributed by atoms with Crippen LogP contribution < -0.4 is 14.8 Å². The molecule has 1 amide bonds. The molecule has 0 saturated carbocycles. The molecule has 0 bridgehead atoms. The van der Waals surface area contributed by atoms with E-state index < -0.39 is 0 Å². The number of hydrogen-bond donors (Lipinski definition) is 1. The number of methoxy groups -OCH3 is 1. The SMILES string of the molecule is C=CCc1ccc(OCCCCn2c(CCCCCNC(=O)CCc3ccccc3)nc3ccccc32)c(OC)c1. The van der Waals surface area contributed by atoms with Crippen LogP contribution in [0, 0.1) is 0 Å². The average molecular weight is 554 g/mol. The van der Waals surface area contributed by atoms with Gasteiger partial charge in [-0.3, -0.25) is 4.79 Å². The Kier molecular flexibility index (Phi) is 11.9. The van der Waals surface area contributed by atoms with Crippen molar-refractivity contribution in [2.45, 2.75) is 64.3 Å². The van der Waals surface area contributed by atoms with Crippen molar-refractivity contribution < 1.29 is 14.3 Å². The van der Waals surface area contributed by atoms with Crippen molar-refractivity contribution in [3.05, 3.63) is 102 Å². The molecule has 4 aromatic rings. The molecular weight excluding hydrogens is 510 g/mol. The zero-order chi connectivity index (χ0) is 28.7. The third kappa shape index (κ3) is 9.24. The summed E-state index contributed by atoms with van der Waals surface area (Å²) in [6, 6.07) is 24.6. The van der Waals surface area contributed by atoms with Gasteiger partial charge in [0.15, 0.2) is 11.5 Å². The maximum Gasteiger partial charge on any atom is 0.220 e. The molecular formula is C35H43N3O3. The number of aryl methyl sites for hydroxylation is 3. The first-order valence-corrected chi connectivity index (χ1v) is 14.8. The third-order valence-corrected chi connectivity index (χ3v) is 7.26. The van der Waals surface area contributed by atoms with E-state index in [0.717, 1.165) is 92.9 Å². The van der Waals surface area contributed by atoms with Crippen LogP contribution >= 0.6 is 0 Å². The number of carbonyl (C=O) groups is 1. The second-order valence-electron chi connectivity index (χ2n) is 10.3. The Bertz CT molecular complexity index is 1380. The number of fused-ring (bicyclic) bond motifs is 1. The molecule has 4 rings (SSSR count). The molecule has 1 N–H and O–H groups in total. The van der Waals surface area contributed by atoms with Gasteiger partial charge in [0.25, 0.3) is 0 Å². The van der Waals surface area contributed by atoms with Gasteiger partial charge in [-0.05, 0) is 73.9 Å². The third-order valence-electron chi connectivity index (χ3n) is 7.26. The van der Waals surface area contributed by atoms with E-state index in [-0.39, 0.29) is 5.91 Å². The van der Waals surface area contributed by atoms with Crippen molar-refractivity contribution in [2.75, 3.05) is 20.3 Å². The van der Waals surface area contributed by atoms with Crippen molar-refractivity contribution in [1.29, 1.82) is 0 Å². The number of aromatic nitrogens is 2. The number of ether oxygens (including phenoxy) is 2. The standard InChI is InChI=1S/C35H43N3O3/c1-3-14-29-20-22-32(33(27-29)40-2)41-26-13-12-25-38-31-18-10-9-17-30(31)37-34(38)19-8-5-11-24-36-35(39)23-21-28-15-6-4-7-16-28/h3-4,6-7,9-10,15-18,20,22,27H,1,5,8,11-14,19,21,23-26H2,2H3,(H,36,39). The minimum absolute atomic E-state index is 0.128. The van der Waals surface area contributed by atoms with Gasteiger partial charge in [0.05, 0.1) is 24.8 Å². The second kappa shape index (κ2) is 16.3. The largest absolute Gasteiger partial charge is 0.493 e. The van der Waals surface area contributed by atoms with Gasteiger partial charge in [-0.1, -0.05) is 61.0 Å². The summed E-state index contributed by atoms with van der Waals surface area (Å²) in [6.07, 6.45) is 9.97. The maximum absolute atomic E-state index is 12.2. The van der Waals surface area contributed by atoms with Crippen LogP contribution in [-0.2, 0) is 30.6 Å². The van der Waals surface area contributed by atoms with Crippen LogP contribution in [0.2, 0.25) is 0 Å². The highest BCUT2D eigenvalue weighted by molar-refractivity contribution is 5.76. The molecule has 0 aliphatic carbocycles. The van der Waals surface area contributed by atoms with Gasteiger partial charge in [0, 0.05) is 25.9 Å². The molecule has 0 atom stereocenters. The summed E-state index contributed by atoms with van der Waals surface area (Å²) in [5, 5.41) is 3.07. The van der Waals surface area contributed by atoms with E-state index in [4.69, 9.17) is 14.5 Å². The molecule has 0 fully saturated rings. The van der Waals surface area contributed by atoms with Crippen molar-refractivity contribution in [3.8, 4) is 11.5 Å².